The molecule has 0 radical (unpaired) electrons. The van der Waals surface area contributed by atoms with Crippen LogP contribution in [0.15, 0.2) is 91.1 Å². The number of hydrogen-bond acceptors (Lipinski definition) is 6. The van der Waals surface area contributed by atoms with Crippen molar-refractivity contribution in [1.82, 2.24) is 15.3 Å². The van der Waals surface area contributed by atoms with Gasteiger partial charge < -0.3 is 15.0 Å². The molecule has 2 heterocycles. The fraction of sp³-hybridized carbons (Fsp3) is 0.194. The minimum atomic E-state index is -0.358. The van der Waals surface area contributed by atoms with Crippen LogP contribution in [0.3, 0.4) is 0 Å². The van der Waals surface area contributed by atoms with Crippen molar-refractivity contribution in [3.8, 4) is 5.75 Å². The van der Waals surface area contributed by atoms with E-state index in [-0.39, 0.29) is 42.3 Å². The molecule has 0 fully saturated rings. The van der Waals surface area contributed by atoms with E-state index in [0.29, 0.717) is 39.8 Å². The summed E-state index contributed by atoms with van der Waals surface area (Å²) in [6.45, 7) is 1.76. The van der Waals surface area contributed by atoms with Crippen molar-refractivity contribution in [2.45, 2.75) is 26.4 Å². The zero-order chi connectivity index (χ0) is 33.5. The highest BCUT2D eigenvalue weighted by atomic mass is 35.5. The molecule has 0 saturated heterocycles. The predicted octanol–water partition coefficient (Wildman–Crippen LogP) is 6.81. The Balaban J connectivity index is 1.14. The molecule has 5 aromatic rings. The number of aromatic nitrogens is 2. The van der Waals surface area contributed by atoms with Gasteiger partial charge in [0.2, 0.25) is 11.8 Å². The minimum Gasteiger partial charge on any atom is -0.487 e. The van der Waals surface area contributed by atoms with E-state index in [9.17, 15) is 14.4 Å². The number of fused-ring (bicyclic) bond motifs is 1. The molecule has 0 aliphatic carbocycles. The highest BCUT2D eigenvalue weighted by Crippen LogP contribution is 2.35. The molecule has 240 valence electrons. The van der Waals surface area contributed by atoms with Crippen molar-refractivity contribution in [2.24, 2.45) is 0 Å². The number of ether oxygens (including phenoxy) is 1. The van der Waals surface area contributed by atoms with Gasteiger partial charge in [0.15, 0.2) is 0 Å². The second-order valence-corrected chi connectivity index (χ2v) is 11.7. The third kappa shape index (κ3) is 8.06. The van der Waals surface area contributed by atoms with Gasteiger partial charge in [-0.25, -0.2) is 9.97 Å². The Morgan fingerprint density at radius 3 is 2.40 bits per heavy atom. The first-order valence-electron chi connectivity index (χ1n) is 14.9. The zero-order valence-electron chi connectivity index (χ0n) is 26.2. The van der Waals surface area contributed by atoms with Gasteiger partial charge in [0.25, 0.3) is 5.91 Å². The van der Waals surface area contributed by atoms with Gasteiger partial charge in [-0.05, 0) is 67.4 Å². The number of carbonyl (C=O) groups is 3. The van der Waals surface area contributed by atoms with Gasteiger partial charge in [0.1, 0.15) is 23.7 Å². The summed E-state index contributed by atoms with van der Waals surface area (Å²) >= 11 is 13.2. The van der Waals surface area contributed by atoms with Gasteiger partial charge >= 0.3 is 0 Å². The average molecular weight is 671 g/mol. The Kier molecular flexibility index (Phi) is 10.7. The lowest BCUT2D eigenvalue weighted by Crippen LogP contribution is -2.38. The fourth-order valence-electron chi connectivity index (χ4n) is 4.90. The van der Waals surface area contributed by atoms with Gasteiger partial charge in [0, 0.05) is 53.9 Å². The summed E-state index contributed by atoms with van der Waals surface area (Å²) in [4.78, 5) is 50.1. The predicted molar refractivity (Wildman–Crippen MR) is 185 cm³/mol. The third-order valence-corrected chi connectivity index (χ3v) is 8.45. The van der Waals surface area contributed by atoms with Crippen LogP contribution in [0.1, 0.15) is 33.6 Å². The summed E-state index contributed by atoms with van der Waals surface area (Å²) in [5, 5.41) is 4.30. The molecule has 0 unspecified atom stereocenters. The van der Waals surface area contributed by atoms with Crippen LogP contribution >= 0.6 is 23.2 Å². The highest BCUT2D eigenvalue weighted by molar-refractivity contribution is 6.38. The minimum absolute atomic E-state index is 0.0646. The lowest BCUT2D eigenvalue weighted by Gasteiger charge is -2.21. The molecule has 2 aromatic heterocycles. The molecule has 3 aromatic carbocycles. The van der Waals surface area contributed by atoms with Gasteiger partial charge in [-0.15, -0.1) is 0 Å². The second kappa shape index (κ2) is 15.1. The van der Waals surface area contributed by atoms with Crippen LogP contribution in [0.4, 0.5) is 11.5 Å². The maximum absolute atomic E-state index is 13.0. The van der Waals surface area contributed by atoms with Crippen LogP contribution in [0, 0.1) is 6.92 Å². The topological polar surface area (TPSA) is 105 Å². The lowest BCUT2D eigenvalue weighted by atomic mass is 10.1. The molecule has 0 spiro atoms. The normalized spacial score (nSPS) is 10.8. The number of likely N-dealkylation sites (N-methyl/N-ethyl adjacent to an activating group) is 1. The number of para-hydroxylation sites is 1. The van der Waals surface area contributed by atoms with Crippen molar-refractivity contribution in [2.75, 3.05) is 30.4 Å². The van der Waals surface area contributed by atoms with Crippen molar-refractivity contribution < 1.29 is 19.1 Å². The lowest BCUT2D eigenvalue weighted by molar-refractivity contribution is -0.124. The van der Waals surface area contributed by atoms with Crippen molar-refractivity contribution in [3.63, 3.8) is 0 Å². The first-order valence-corrected chi connectivity index (χ1v) is 15.7. The number of hydrogen-bond donors (Lipinski definition) is 1. The van der Waals surface area contributed by atoms with Crippen LogP contribution in [0.2, 0.25) is 10.0 Å². The monoisotopic (exact) mass is 669 g/mol. The number of benzene rings is 3. The van der Waals surface area contributed by atoms with E-state index in [1.165, 1.54) is 9.80 Å². The molecule has 47 heavy (non-hydrogen) atoms. The van der Waals surface area contributed by atoms with Crippen molar-refractivity contribution >= 4 is 63.3 Å². The Morgan fingerprint density at radius 2 is 1.66 bits per heavy atom. The van der Waals surface area contributed by atoms with Gasteiger partial charge in [-0.1, -0.05) is 59.6 Å². The van der Waals surface area contributed by atoms with Gasteiger partial charge in [-0.3, -0.25) is 19.3 Å². The summed E-state index contributed by atoms with van der Waals surface area (Å²) < 4.78 is 6.09. The summed E-state index contributed by atoms with van der Waals surface area (Å²) in [6.07, 6.45) is 2.24. The van der Waals surface area contributed by atoms with Crippen LogP contribution < -0.4 is 19.9 Å². The summed E-state index contributed by atoms with van der Waals surface area (Å²) in [5.41, 5.74) is 3.95. The molecule has 11 heteroatoms. The van der Waals surface area contributed by atoms with E-state index in [4.69, 9.17) is 27.9 Å². The van der Waals surface area contributed by atoms with E-state index in [0.717, 1.165) is 22.2 Å². The molecule has 5 rings (SSSR count). The highest BCUT2D eigenvalue weighted by Gasteiger charge is 2.20. The standard InChI is InChI=1S/C36H33Cl2N5O4/c1-23-10-14-25-7-6-8-30(35(25)41-23)47-22-27-28(37)17-18-29(34(27)38)42(2)33(45)21-40-32(44)19-13-24-11-15-26(16-12-24)36(46)43(3)31-9-4-5-20-39-31/h4-12,14-18,20H,13,19,21-22H2,1-3H3,(H,40,44). The molecular formula is C36H33Cl2N5O4. The Labute approximate surface area is 283 Å². The maximum Gasteiger partial charge on any atom is 0.259 e. The molecule has 1 N–H and O–H groups in total. The first kappa shape index (κ1) is 33.4. The smallest absolute Gasteiger partial charge is 0.259 e. The number of amides is 3. The van der Waals surface area contributed by atoms with Crippen molar-refractivity contribution in [3.05, 3.63) is 124 Å². The van der Waals surface area contributed by atoms with E-state index in [2.05, 4.69) is 15.3 Å². The summed E-state index contributed by atoms with van der Waals surface area (Å²) in [7, 11) is 3.25. The molecular weight excluding hydrogens is 637 g/mol. The van der Waals surface area contributed by atoms with Crippen LogP contribution in [-0.4, -0.2) is 48.3 Å². The Hall–Kier alpha value is -4.99. The molecule has 0 atom stereocenters. The molecule has 0 aliphatic rings. The molecule has 0 aliphatic heterocycles. The van der Waals surface area contributed by atoms with Crippen LogP contribution in [-0.2, 0) is 22.6 Å². The number of anilines is 2. The largest absolute Gasteiger partial charge is 0.487 e. The van der Waals surface area contributed by atoms with E-state index in [1.807, 2.05) is 55.5 Å². The number of aryl methyl sites for hydroxylation is 2. The molecule has 3 amide bonds. The van der Waals surface area contributed by atoms with Gasteiger partial charge in [-0.2, -0.15) is 0 Å². The van der Waals surface area contributed by atoms with Crippen LogP contribution in [0.25, 0.3) is 10.9 Å². The molecule has 9 nitrogen and oxygen atoms in total. The Bertz CT molecular complexity index is 1920. The van der Waals surface area contributed by atoms with Crippen molar-refractivity contribution in [1.29, 1.82) is 0 Å². The number of rotatable bonds is 11. The Morgan fingerprint density at radius 1 is 0.872 bits per heavy atom. The zero-order valence-corrected chi connectivity index (χ0v) is 27.7. The number of nitrogens with one attached hydrogen (secondary N) is 1. The number of pyridine rings is 2. The summed E-state index contributed by atoms with van der Waals surface area (Å²) in [6, 6.07) is 25.3. The summed E-state index contributed by atoms with van der Waals surface area (Å²) in [5.74, 6) is 0.317. The first-order chi connectivity index (χ1) is 22.6. The van der Waals surface area contributed by atoms with E-state index in [1.54, 1.807) is 56.7 Å². The molecule has 0 bridgehead atoms. The van der Waals surface area contributed by atoms with Gasteiger partial charge in [0.05, 0.1) is 17.3 Å². The van der Waals surface area contributed by atoms with Crippen LogP contribution in [0.5, 0.6) is 5.75 Å². The van der Waals surface area contributed by atoms with E-state index >= 15 is 0 Å². The molecule has 0 saturated carbocycles. The fourth-order valence-corrected chi connectivity index (χ4v) is 5.50. The van der Waals surface area contributed by atoms with E-state index < -0.39 is 0 Å². The quantitative estimate of drug-likeness (QED) is 0.166. The average Bonchev–Trinajstić information content (AvgIpc) is 3.09. The third-order valence-electron chi connectivity index (χ3n) is 7.67. The number of halogens is 2. The second-order valence-electron chi connectivity index (χ2n) is 10.9. The number of carbonyl (C=O) groups excluding carboxylic acids is 3. The number of nitrogens with zero attached hydrogens (tertiary/aromatic N) is 4. The maximum atomic E-state index is 13.0. The SMILES string of the molecule is Cc1ccc2cccc(OCc3c(Cl)ccc(N(C)C(=O)CNC(=O)CCc4ccc(C(=O)N(C)c5ccccn5)cc4)c3Cl)c2n1.